The molecule has 0 atom stereocenters. The molecule has 0 aromatic carbocycles. The molecular formula is C8H17NS. The van der Waals surface area contributed by atoms with Gasteiger partial charge < -0.3 is 0 Å². The van der Waals surface area contributed by atoms with Gasteiger partial charge in [-0.05, 0) is 20.8 Å². The molecule has 0 aromatic rings. The molecule has 0 N–H and O–H groups in total. The van der Waals surface area contributed by atoms with Crippen molar-refractivity contribution in [2.24, 2.45) is 0 Å². The van der Waals surface area contributed by atoms with Gasteiger partial charge in [0.25, 0.3) is 0 Å². The quantitative estimate of drug-likeness (QED) is 0.486. The highest BCUT2D eigenvalue weighted by atomic mass is 32.2. The van der Waals surface area contributed by atoms with E-state index in [9.17, 15) is 0 Å². The normalized spacial score (nSPS) is 25.9. The Hall–Kier alpha value is 0.0500. The lowest BCUT2D eigenvalue weighted by molar-refractivity contribution is 0.179. The van der Waals surface area contributed by atoms with Crippen molar-refractivity contribution in [3.8, 4) is 0 Å². The lowest BCUT2D eigenvalue weighted by atomic mass is 10.1. The summed E-state index contributed by atoms with van der Waals surface area (Å²) in [6.07, 6.45) is 0. The van der Waals surface area contributed by atoms with E-state index in [1.165, 1.54) is 0 Å². The van der Waals surface area contributed by atoms with Gasteiger partial charge in [-0.25, -0.2) is 0 Å². The maximum atomic E-state index is 4.07. The molecule has 60 valence electrons. The van der Waals surface area contributed by atoms with Crippen LogP contribution in [0.1, 0.15) is 20.8 Å². The van der Waals surface area contributed by atoms with Gasteiger partial charge in [0, 0.05) is 17.3 Å². The minimum absolute atomic E-state index is 0.325. The summed E-state index contributed by atoms with van der Waals surface area (Å²) in [5, 5.41) is 0. The minimum Gasteiger partial charge on any atom is -0.282 e. The smallest absolute Gasteiger partial charge is 0.0369 e. The Bertz CT molecular complexity index is 206. The van der Waals surface area contributed by atoms with E-state index in [1.54, 1.807) is 0 Å². The first kappa shape index (κ1) is 8.15. The third-order valence-corrected chi connectivity index (χ3v) is 3.53. The van der Waals surface area contributed by atoms with Crippen LogP contribution < -0.4 is 0 Å². The molecule has 0 unspecified atom stereocenters. The largest absolute Gasteiger partial charge is 0.282 e. The Morgan fingerprint density at radius 3 is 1.70 bits per heavy atom. The second-order valence-electron chi connectivity index (χ2n) is 4.19. The Balaban J connectivity index is 2.56. The van der Waals surface area contributed by atoms with Gasteiger partial charge in [0.2, 0.25) is 0 Å². The molecule has 1 heterocycles. The van der Waals surface area contributed by atoms with E-state index in [2.05, 4.69) is 37.4 Å². The third kappa shape index (κ3) is 1.55. The van der Waals surface area contributed by atoms with Crippen LogP contribution in [-0.4, -0.2) is 33.9 Å². The molecule has 0 spiro atoms. The molecule has 0 aromatic heterocycles. The molecule has 1 aliphatic heterocycles. The molecule has 0 amide bonds. The minimum atomic E-state index is -0.688. The second-order valence-corrected chi connectivity index (χ2v) is 7.16. The van der Waals surface area contributed by atoms with Crippen molar-refractivity contribution < 1.29 is 0 Å². The van der Waals surface area contributed by atoms with Crippen LogP contribution in [0.4, 0.5) is 0 Å². The van der Waals surface area contributed by atoms with Crippen LogP contribution in [-0.2, 0) is 0 Å². The highest BCUT2D eigenvalue weighted by Crippen LogP contribution is 2.37. The van der Waals surface area contributed by atoms with Crippen molar-refractivity contribution >= 4 is 20.9 Å². The lowest BCUT2D eigenvalue weighted by Gasteiger charge is -2.47. The molecule has 1 saturated heterocycles. The average Bonchev–Trinajstić information content (AvgIpc) is 1.56. The van der Waals surface area contributed by atoms with Crippen molar-refractivity contribution in [2.45, 2.75) is 26.3 Å². The molecule has 1 rings (SSSR count). The predicted octanol–water partition coefficient (Wildman–Crippen LogP) is 1.68. The van der Waals surface area contributed by atoms with Gasteiger partial charge in [-0.15, -0.1) is 0 Å². The fourth-order valence-corrected chi connectivity index (χ4v) is 3.03. The molecule has 2 heteroatoms. The van der Waals surface area contributed by atoms with E-state index in [-0.39, 0.29) is 0 Å². The average molecular weight is 159 g/mol. The Labute approximate surface area is 64.5 Å². The molecular weight excluding hydrogens is 142 g/mol. The molecule has 1 nitrogen and oxygen atoms in total. The van der Waals surface area contributed by atoms with Crippen LogP contribution in [0.25, 0.3) is 0 Å². The second kappa shape index (κ2) is 2.02. The third-order valence-electron chi connectivity index (χ3n) is 1.81. The molecule has 10 heavy (non-hydrogen) atoms. The van der Waals surface area contributed by atoms with Crippen LogP contribution in [0.5, 0.6) is 0 Å². The number of hydrogen-bond acceptors (Lipinski definition) is 1. The first-order valence-electron chi connectivity index (χ1n) is 3.51. The first-order chi connectivity index (χ1) is 4.31. The summed E-state index contributed by atoms with van der Waals surface area (Å²) >= 11 is 0. The number of hydrogen-bond donors (Lipinski definition) is 0. The van der Waals surface area contributed by atoms with E-state index >= 15 is 0 Å². The van der Waals surface area contributed by atoms with Gasteiger partial charge in [-0.2, -0.15) is 9.21 Å². The Morgan fingerprint density at radius 2 is 1.60 bits per heavy atom. The first-order valence-corrected chi connectivity index (χ1v) is 5.82. The standard InChI is InChI=1S/C8H17NS/c1-8(2,3)9-6-10(4,5)7-9/h4-7H2,1-3H3. The van der Waals surface area contributed by atoms with Crippen LogP contribution >= 0.6 is 9.21 Å². The topological polar surface area (TPSA) is 3.24 Å². The number of rotatable bonds is 0. The zero-order valence-corrected chi connectivity index (χ0v) is 8.00. The summed E-state index contributed by atoms with van der Waals surface area (Å²) in [4.78, 5) is 2.43. The molecule has 0 bridgehead atoms. The summed E-state index contributed by atoms with van der Waals surface area (Å²) in [7, 11) is -0.688. The highest BCUT2D eigenvalue weighted by Gasteiger charge is 2.29. The Kier molecular flexibility index (Phi) is 1.64. The number of nitrogens with zero attached hydrogens (tertiary/aromatic N) is 1. The highest BCUT2D eigenvalue weighted by molar-refractivity contribution is 8.28. The molecule has 0 radical (unpaired) electrons. The zero-order chi connectivity index (χ0) is 7.99. The summed E-state index contributed by atoms with van der Waals surface area (Å²) in [6.45, 7) is 6.71. The molecule has 0 aliphatic carbocycles. The summed E-state index contributed by atoms with van der Waals surface area (Å²) < 4.78 is 0. The lowest BCUT2D eigenvalue weighted by Crippen LogP contribution is -2.49. The SMILES string of the molecule is C=S1(=C)CN(C(C)(C)C)C1. The van der Waals surface area contributed by atoms with Crippen molar-refractivity contribution in [2.75, 3.05) is 11.8 Å². The van der Waals surface area contributed by atoms with Gasteiger partial charge in [0.15, 0.2) is 0 Å². The van der Waals surface area contributed by atoms with Crippen molar-refractivity contribution in [3.05, 3.63) is 0 Å². The van der Waals surface area contributed by atoms with Gasteiger partial charge >= 0.3 is 0 Å². The van der Waals surface area contributed by atoms with E-state index in [4.69, 9.17) is 0 Å². The van der Waals surface area contributed by atoms with E-state index < -0.39 is 9.21 Å². The zero-order valence-electron chi connectivity index (χ0n) is 7.18. The maximum absolute atomic E-state index is 4.07. The van der Waals surface area contributed by atoms with Crippen molar-refractivity contribution in [1.29, 1.82) is 0 Å². The van der Waals surface area contributed by atoms with Crippen LogP contribution in [0.3, 0.4) is 0 Å². The van der Waals surface area contributed by atoms with Crippen LogP contribution in [0.15, 0.2) is 0 Å². The van der Waals surface area contributed by atoms with Gasteiger partial charge in [-0.3, -0.25) is 4.90 Å². The summed E-state index contributed by atoms with van der Waals surface area (Å²) in [5.41, 5.74) is 0.325. The fraction of sp³-hybridized carbons (Fsp3) is 0.750. The predicted molar refractivity (Wildman–Crippen MR) is 53.2 cm³/mol. The monoisotopic (exact) mass is 159 g/mol. The Morgan fingerprint density at radius 1 is 1.20 bits per heavy atom. The fourth-order valence-electron chi connectivity index (χ4n) is 1.01. The van der Waals surface area contributed by atoms with Gasteiger partial charge in [0.05, 0.1) is 0 Å². The molecule has 1 aliphatic rings. The summed E-state index contributed by atoms with van der Waals surface area (Å²) in [5.74, 6) is 10.4. The van der Waals surface area contributed by atoms with Crippen molar-refractivity contribution in [3.63, 3.8) is 0 Å². The van der Waals surface area contributed by atoms with Crippen LogP contribution in [0, 0.1) is 0 Å². The van der Waals surface area contributed by atoms with E-state index in [1.807, 2.05) is 0 Å². The molecule has 0 saturated carbocycles. The van der Waals surface area contributed by atoms with E-state index in [0.29, 0.717) is 5.54 Å². The summed E-state index contributed by atoms with van der Waals surface area (Å²) in [6, 6.07) is 0. The van der Waals surface area contributed by atoms with Gasteiger partial charge in [-0.1, -0.05) is 11.7 Å². The molecule has 1 fully saturated rings. The maximum Gasteiger partial charge on any atom is 0.0369 e. The van der Waals surface area contributed by atoms with Crippen molar-refractivity contribution in [1.82, 2.24) is 4.90 Å². The van der Waals surface area contributed by atoms with E-state index in [0.717, 1.165) is 11.8 Å². The van der Waals surface area contributed by atoms with Crippen LogP contribution in [0.2, 0.25) is 0 Å². The van der Waals surface area contributed by atoms with Gasteiger partial charge in [0.1, 0.15) is 0 Å².